The Hall–Kier alpha value is -2.76. The summed E-state index contributed by atoms with van der Waals surface area (Å²) in [4.78, 5) is 15.4. The number of Topliss-reactive ketones (excluding diaryl/α,β-unsaturated/α-hetero) is 1. The van der Waals surface area contributed by atoms with Gasteiger partial charge in [0, 0.05) is 18.2 Å². The number of oxazole rings is 1. The molecule has 1 aromatic heterocycles. The van der Waals surface area contributed by atoms with Gasteiger partial charge in [-0.05, 0) is 43.2 Å². The second kappa shape index (κ2) is 5.79. The van der Waals surface area contributed by atoms with Crippen LogP contribution in [0, 0.1) is 18.6 Å². The molecule has 0 unspecified atom stereocenters. The van der Waals surface area contributed by atoms with E-state index in [4.69, 9.17) is 4.42 Å². The van der Waals surface area contributed by atoms with Crippen molar-refractivity contribution in [3.05, 3.63) is 53.1 Å². The number of carbonyl (C=O) groups excluding carboxylic acids is 1. The lowest BCUT2D eigenvalue weighted by atomic mass is 10.1. The highest BCUT2D eigenvalue weighted by atomic mass is 19.2. The van der Waals surface area contributed by atoms with Crippen molar-refractivity contribution >= 4 is 28.6 Å². The van der Waals surface area contributed by atoms with Crippen LogP contribution in [-0.4, -0.2) is 10.8 Å². The molecule has 0 saturated heterocycles. The highest BCUT2D eigenvalue weighted by Gasteiger charge is 2.11. The number of anilines is 2. The molecule has 118 valence electrons. The second-order valence-electron chi connectivity index (χ2n) is 5.41. The van der Waals surface area contributed by atoms with Crippen molar-refractivity contribution in [1.82, 2.24) is 4.98 Å². The van der Waals surface area contributed by atoms with E-state index < -0.39 is 11.6 Å². The fourth-order valence-electron chi connectivity index (χ4n) is 2.32. The van der Waals surface area contributed by atoms with Gasteiger partial charge in [-0.2, -0.15) is 4.98 Å². The summed E-state index contributed by atoms with van der Waals surface area (Å²) < 4.78 is 32.1. The molecule has 0 spiro atoms. The maximum Gasteiger partial charge on any atom is 0.300 e. The number of halogens is 2. The zero-order valence-corrected chi connectivity index (χ0v) is 12.6. The Morgan fingerprint density at radius 1 is 1.22 bits per heavy atom. The van der Waals surface area contributed by atoms with Gasteiger partial charge in [-0.1, -0.05) is 6.07 Å². The predicted octanol–water partition coefficient (Wildman–Crippen LogP) is 4.29. The van der Waals surface area contributed by atoms with Crippen LogP contribution in [0.25, 0.3) is 11.1 Å². The molecular weight excluding hydrogens is 302 g/mol. The normalized spacial score (nSPS) is 11.0. The van der Waals surface area contributed by atoms with E-state index in [1.54, 1.807) is 25.1 Å². The Bertz CT molecular complexity index is 903. The molecule has 1 N–H and O–H groups in total. The second-order valence-corrected chi connectivity index (χ2v) is 5.41. The number of rotatable bonds is 4. The average Bonchev–Trinajstić information content (AvgIpc) is 2.85. The maximum atomic E-state index is 13.3. The lowest BCUT2D eigenvalue weighted by Gasteiger charge is -2.06. The van der Waals surface area contributed by atoms with Crippen molar-refractivity contribution in [2.75, 3.05) is 5.32 Å². The molecule has 0 saturated carbocycles. The maximum absolute atomic E-state index is 13.3. The summed E-state index contributed by atoms with van der Waals surface area (Å²) in [5, 5.41) is 2.84. The first-order valence-corrected chi connectivity index (χ1v) is 7.04. The van der Waals surface area contributed by atoms with E-state index >= 15 is 0 Å². The summed E-state index contributed by atoms with van der Waals surface area (Å²) in [5.74, 6) is -1.79. The van der Waals surface area contributed by atoms with Gasteiger partial charge in [0.05, 0.1) is 0 Å². The lowest BCUT2D eigenvalue weighted by Crippen LogP contribution is -1.96. The van der Waals surface area contributed by atoms with E-state index in [0.29, 0.717) is 28.8 Å². The average molecular weight is 316 g/mol. The minimum absolute atomic E-state index is 0.0552. The van der Waals surface area contributed by atoms with Crippen LogP contribution in [-0.2, 0) is 11.2 Å². The lowest BCUT2D eigenvalue weighted by molar-refractivity contribution is -0.116. The standard InChI is InChI=1S/C17H14F2N2O2/c1-9-5-12(18)13(19)8-15(9)21-17-20-14-4-3-11(6-10(2)22)7-16(14)23-17/h3-5,7-8H,6H2,1-2H3,(H,20,21). The van der Waals surface area contributed by atoms with Crippen LogP contribution in [0.15, 0.2) is 34.7 Å². The van der Waals surface area contributed by atoms with Gasteiger partial charge in [-0.25, -0.2) is 8.78 Å². The van der Waals surface area contributed by atoms with E-state index in [1.807, 2.05) is 0 Å². The monoisotopic (exact) mass is 316 g/mol. The molecule has 3 rings (SSSR count). The summed E-state index contributed by atoms with van der Waals surface area (Å²) in [6.45, 7) is 3.17. The number of benzene rings is 2. The van der Waals surface area contributed by atoms with Crippen LogP contribution in [0.2, 0.25) is 0 Å². The van der Waals surface area contributed by atoms with Crippen LogP contribution in [0.1, 0.15) is 18.1 Å². The van der Waals surface area contributed by atoms with Crippen LogP contribution < -0.4 is 5.32 Å². The molecule has 6 heteroatoms. The summed E-state index contributed by atoms with van der Waals surface area (Å²) in [5.41, 5.74) is 2.87. The van der Waals surface area contributed by atoms with E-state index in [0.717, 1.165) is 17.7 Å². The number of hydrogen-bond donors (Lipinski definition) is 1. The first-order chi connectivity index (χ1) is 10.9. The molecule has 0 radical (unpaired) electrons. The fourth-order valence-corrected chi connectivity index (χ4v) is 2.32. The number of carbonyl (C=O) groups is 1. The number of nitrogens with one attached hydrogen (secondary N) is 1. The Labute approximate surface area is 131 Å². The molecule has 0 bridgehead atoms. The van der Waals surface area contributed by atoms with Crippen LogP contribution >= 0.6 is 0 Å². The van der Waals surface area contributed by atoms with Crippen molar-refractivity contribution in [2.45, 2.75) is 20.3 Å². The van der Waals surface area contributed by atoms with Gasteiger partial charge >= 0.3 is 0 Å². The van der Waals surface area contributed by atoms with Crippen molar-refractivity contribution in [2.24, 2.45) is 0 Å². The SMILES string of the molecule is CC(=O)Cc1ccc2nc(Nc3cc(F)c(F)cc3C)oc2c1. The molecule has 0 aliphatic rings. The molecule has 1 heterocycles. The van der Waals surface area contributed by atoms with Crippen LogP contribution in [0.3, 0.4) is 0 Å². The van der Waals surface area contributed by atoms with Crippen LogP contribution in [0.4, 0.5) is 20.5 Å². The Balaban J connectivity index is 1.92. The van der Waals surface area contributed by atoms with Gasteiger partial charge in [-0.15, -0.1) is 0 Å². The molecule has 2 aromatic carbocycles. The first kappa shape index (κ1) is 15.1. The molecule has 0 amide bonds. The topological polar surface area (TPSA) is 55.1 Å². The van der Waals surface area contributed by atoms with Crippen molar-refractivity contribution < 1.29 is 18.0 Å². The smallest absolute Gasteiger partial charge is 0.300 e. The zero-order valence-electron chi connectivity index (χ0n) is 12.6. The number of fused-ring (bicyclic) bond motifs is 1. The molecular formula is C17H14F2N2O2. The number of hydrogen-bond acceptors (Lipinski definition) is 4. The van der Waals surface area contributed by atoms with Crippen molar-refractivity contribution in [3.8, 4) is 0 Å². The van der Waals surface area contributed by atoms with E-state index in [9.17, 15) is 13.6 Å². The predicted molar refractivity (Wildman–Crippen MR) is 82.8 cm³/mol. The zero-order chi connectivity index (χ0) is 16.6. The van der Waals surface area contributed by atoms with Crippen molar-refractivity contribution in [1.29, 1.82) is 0 Å². The fraction of sp³-hybridized carbons (Fsp3) is 0.176. The molecule has 3 aromatic rings. The highest BCUT2D eigenvalue weighted by molar-refractivity contribution is 5.81. The number of aromatic nitrogens is 1. The number of nitrogens with zero attached hydrogens (tertiary/aromatic N) is 1. The number of aryl methyl sites for hydroxylation is 1. The third kappa shape index (κ3) is 3.21. The number of ketones is 1. The van der Waals surface area contributed by atoms with Gasteiger partial charge in [0.25, 0.3) is 6.01 Å². The largest absolute Gasteiger partial charge is 0.423 e. The minimum Gasteiger partial charge on any atom is -0.423 e. The molecule has 4 nitrogen and oxygen atoms in total. The van der Waals surface area contributed by atoms with Gasteiger partial charge in [0.15, 0.2) is 17.2 Å². The van der Waals surface area contributed by atoms with E-state index in [2.05, 4.69) is 10.3 Å². The summed E-state index contributed by atoms with van der Waals surface area (Å²) >= 11 is 0. The molecule has 0 aliphatic carbocycles. The van der Waals surface area contributed by atoms with Gasteiger partial charge in [0.2, 0.25) is 0 Å². The first-order valence-electron chi connectivity index (χ1n) is 7.04. The van der Waals surface area contributed by atoms with E-state index in [-0.39, 0.29) is 11.8 Å². The Kier molecular flexibility index (Phi) is 3.82. The minimum atomic E-state index is -0.946. The van der Waals surface area contributed by atoms with E-state index in [1.165, 1.54) is 6.92 Å². The summed E-state index contributed by atoms with van der Waals surface area (Å²) in [6.07, 6.45) is 0.321. The molecule has 23 heavy (non-hydrogen) atoms. The molecule has 0 aliphatic heterocycles. The van der Waals surface area contributed by atoms with Gasteiger partial charge in [0.1, 0.15) is 11.3 Å². The molecule has 0 atom stereocenters. The summed E-state index contributed by atoms with van der Waals surface area (Å²) in [6, 6.07) is 7.63. The Morgan fingerprint density at radius 3 is 2.70 bits per heavy atom. The van der Waals surface area contributed by atoms with Gasteiger partial charge in [-0.3, -0.25) is 4.79 Å². The van der Waals surface area contributed by atoms with Gasteiger partial charge < -0.3 is 9.73 Å². The quantitative estimate of drug-likeness (QED) is 0.780. The Morgan fingerprint density at radius 2 is 1.96 bits per heavy atom. The van der Waals surface area contributed by atoms with Crippen LogP contribution in [0.5, 0.6) is 0 Å². The molecule has 0 fully saturated rings. The third-order valence-corrected chi connectivity index (χ3v) is 3.41. The van der Waals surface area contributed by atoms with Crippen molar-refractivity contribution in [3.63, 3.8) is 0 Å². The third-order valence-electron chi connectivity index (χ3n) is 3.41. The summed E-state index contributed by atoms with van der Waals surface area (Å²) in [7, 11) is 0. The highest BCUT2D eigenvalue weighted by Crippen LogP contribution is 2.26.